The van der Waals surface area contributed by atoms with Gasteiger partial charge in [0.15, 0.2) is 0 Å². The average Bonchev–Trinajstić information content (AvgIpc) is 3.09. The minimum atomic E-state index is -4.44. The zero-order valence-corrected chi connectivity index (χ0v) is 14.5. The standard InChI is InChI=1S/C18H20F3N3O2/c1-25-14-8-13(9-15(10-14)26-2)24-7-5-12(11-24)23-17-16(18(19,20)21)4-3-6-22-17/h3-4,6,8-10,12H,5,7,11H2,1-2H3,(H,22,23). The molecule has 0 bridgehead atoms. The highest BCUT2D eigenvalue weighted by Crippen LogP contribution is 2.35. The summed E-state index contributed by atoms with van der Waals surface area (Å²) in [5.41, 5.74) is 0.157. The number of nitrogens with zero attached hydrogens (tertiary/aromatic N) is 2. The molecule has 1 aliphatic heterocycles. The third kappa shape index (κ3) is 3.95. The quantitative estimate of drug-likeness (QED) is 0.871. The number of pyridine rings is 1. The molecule has 26 heavy (non-hydrogen) atoms. The number of methoxy groups -OCH3 is 2. The predicted molar refractivity (Wildman–Crippen MR) is 93.0 cm³/mol. The van der Waals surface area contributed by atoms with Crippen molar-refractivity contribution in [3.05, 3.63) is 42.1 Å². The first-order valence-electron chi connectivity index (χ1n) is 8.17. The molecule has 2 heterocycles. The molecule has 1 aromatic heterocycles. The van der Waals surface area contributed by atoms with E-state index in [1.54, 1.807) is 20.3 Å². The third-order valence-electron chi connectivity index (χ3n) is 4.34. The van der Waals surface area contributed by atoms with Crippen molar-refractivity contribution < 1.29 is 22.6 Å². The molecule has 1 fully saturated rings. The van der Waals surface area contributed by atoms with Gasteiger partial charge in [-0.05, 0) is 18.6 Å². The Hall–Kier alpha value is -2.64. The maximum absolute atomic E-state index is 13.1. The van der Waals surface area contributed by atoms with Gasteiger partial charge in [0.1, 0.15) is 17.3 Å². The number of aromatic nitrogens is 1. The summed E-state index contributed by atoms with van der Waals surface area (Å²) in [6.07, 6.45) is -2.38. The number of ether oxygens (including phenoxy) is 2. The molecule has 0 aliphatic carbocycles. The Morgan fingerprint density at radius 2 is 1.85 bits per heavy atom. The van der Waals surface area contributed by atoms with Gasteiger partial charge in [0, 0.05) is 49.2 Å². The summed E-state index contributed by atoms with van der Waals surface area (Å²) < 4.78 is 49.9. The number of alkyl halides is 3. The first kappa shape index (κ1) is 18.2. The Morgan fingerprint density at radius 3 is 2.46 bits per heavy atom. The number of hydrogen-bond donors (Lipinski definition) is 1. The van der Waals surface area contributed by atoms with Crippen LogP contribution >= 0.6 is 0 Å². The number of rotatable bonds is 5. The van der Waals surface area contributed by atoms with Gasteiger partial charge in [0.25, 0.3) is 0 Å². The molecule has 0 radical (unpaired) electrons. The molecule has 2 aromatic rings. The topological polar surface area (TPSA) is 46.6 Å². The summed E-state index contributed by atoms with van der Waals surface area (Å²) in [6, 6.07) is 7.73. The van der Waals surface area contributed by atoms with Crippen LogP contribution in [-0.2, 0) is 6.18 Å². The van der Waals surface area contributed by atoms with E-state index < -0.39 is 11.7 Å². The fourth-order valence-corrected chi connectivity index (χ4v) is 3.03. The molecule has 1 saturated heterocycles. The molecule has 8 heteroatoms. The van der Waals surface area contributed by atoms with Crippen LogP contribution in [0.4, 0.5) is 24.7 Å². The van der Waals surface area contributed by atoms with Crippen LogP contribution in [0.1, 0.15) is 12.0 Å². The Kier molecular flexibility index (Phi) is 5.11. The maximum Gasteiger partial charge on any atom is 0.419 e. The molecule has 1 aromatic carbocycles. The van der Waals surface area contributed by atoms with Crippen LogP contribution in [0.25, 0.3) is 0 Å². The molecular weight excluding hydrogens is 347 g/mol. The molecule has 1 unspecified atom stereocenters. The maximum atomic E-state index is 13.1. The number of halogens is 3. The lowest BCUT2D eigenvalue weighted by molar-refractivity contribution is -0.137. The summed E-state index contributed by atoms with van der Waals surface area (Å²) in [5.74, 6) is 1.20. The van der Waals surface area contributed by atoms with Gasteiger partial charge in [-0.25, -0.2) is 4.98 Å². The Bertz CT molecular complexity index is 745. The highest BCUT2D eigenvalue weighted by atomic mass is 19.4. The fraction of sp³-hybridized carbons (Fsp3) is 0.389. The van der Waals surface area contributed by atoms with Crippen molar-refractivity contribution in [1.82, 2.24) is 4.98 Å². The summed E-state index contributed by atoms with van der Waals surface area (Å²) in [5, 5.41) is 2.94. The smallest absolute Gasteiger partial charge is 0.419 e. The second kappa shape index (κ2) is 7.31. The van der Waals surface area contributed by atoms with E-state index in [1.165, 1.54) is 12.3 Å². The molecule has 1 N–H and O–H groups in total. The summed E-state index contributed by atoms with van der Waals surface area (Å²) in [7, 11) is 3.15. The lowest BCUT2D eigenvalue weighted by Gasteiger charge is -2.21. The molecule has 5 nitrogen and oxygen atoms in total. The highest BCUT2D eigenvalue weighted by Gasteiger charge is 2.35. The van der Waals surface area contributed by atoms with E-state index in [2.05, 4.69) is 15.2 Å². The second-order valence-corrected chi connectivity index (χ2v) is 6.04. The third-order valence-corrected chi connectivity index (χ3v) is 4.34. The molecule has 0 spiro atoms. The minimum Gasteiger partial charge on any atom is -0.497 e. The van der Waals surface area contributed by atoms with Crippen LogP contribution in [0.2, 0.25) is 0 Å². The van der Waals surface area contributed by atoms with E-state index in [-0.39, 0.29) is 11.9 Å². The van der Waals surface area contributed by atoms with Crippen LogP contribution in [0.15, 0.2) is 36.5 Å². The van der Waals surface area contributed by atoms with Crippen molar-refractivity contribution in [2.45, 2.75) is 18.6 Å². The lowest BCUT2D eigenvalue weighted by atomic mass is 10.2. The van der Waals surface area contributed by atoms with Crippen molar-refractivity contribution in [3.8, 4) is 11.5 Å². The number of benzene rings is 1. The Balaban J connectivity index is 1.74. The van der Waals surface area contributed by atoms with Crippen LogP contribution in [0, 0.1) is 0 Å². The van der Waals surface area contributed by atoms with Gasteiger partial charge in [-0.2, -0.15) is 13.2 Å². The van der Waals surface area contributed by atoms with E-state index in [9.17, 15) is 13.2 Å². The normalized spacial score (nSPS) is 17.3. The average molecular weight is 367 g/mol. The summed E-state index contributed by atoms with van der Waals surface area (Å²) in [6.45, 7) is 1.27. The molecule has 1 aliphatic rings. The first-order valence-corrected chi connectivity index (χ1v) is 8.17. The fourth-order valence-electron chi connectivity index (χ4n) is 3.03. The zero-order chi connectivity index (χ0) is 18.7. The summed E-state index contributed by atoms with van der Waals surface area (Å²) in [4.78, 5) is 5.95. The van der Waals surface area contributed by atoms with Crippen LogP contribution < -0.4 is 19.7 Å². The molecule has 0 amide bonds. The van der Waals surface area contributed by atoms with Crippen molar-refractivity contribution in [2.75, 3.05) is 37.5 Å². The molecule has 3 rings (SSSR count). The van der Waals surface area contributed by atoms with Gasteiger partial charge in [0.05, 0.1) is 19.8 Å². The van der Waals surface area contributed by atoms with Crippen molar-refractivity contribution in [1.29, 1.82) is 0 Å². The van der Waals surface area contributed by atoms with Gasteiger partial charge in [-0.3, -0.25) is 0 Å². The van der Waals surface area contributed by atoms with Gasteiger partial charge in [0.2, 0.25) is 0 Å². The molecular formula is C18H20F3N3O2. The van der Waals surface area contributed by atoms with E-state index >= 15 is 0 Å². The lowest BCUT2D eigenvalue weighted by Crippen LogP contribution is -2.27. The minimum absolute atomic E-state index is 0.130. The van der Waals surface area contributed by atoms with Crippen molar-refractivity contribution >= 4 is 11.5 Å². The van der Waals surface area contributed by atoms with E-state index in [0.717, 1.165) is 11.8 Å². The van der Waals surface area contributed by atoms with Crippen LogP contribution in [-0.4, -0.2) is 38.3 Å². The highest BCUT2D eigenvalue weighted by molar-refractivity contribution is 5.57. The van der Waals surface area contributed by atoms with Crippen molar-refractivity contribution in [2.24, 2.45) is 0 Å². The summed E-state index contributed by atoms with van der Waals surface area (Å²) >= 11 is 0. The largest absolute Gasteiger partial charge is 0.497 e. The number of nitrogens with one attached hydrogen (secondary N) is 1. The monoisotopic (exact) mass is 367 g/mol. The Morgan fingerprint density at radius 1 is 1.15 bits per heavy atom. The van der Waals surface area contributed by atoms with Gasteiger partial charge < -0.3 is 19.7 Å². The first-order chi connectivity index (χ1) is 12.4. The molecule has 140 valence electrons. The molecule has 0 saturated carbocycles. The zero-order valence-electron chi connectivity index (χ0n) is 14.5. The van der Waals surface area contributed by atoms with Gasteiger partial charge in [-0.15, -0.1) is 0 Å². The molecule has 1 atom stereocenters. The van der Waals surface area contributed by atoms with E-state index in [4.69, 9.17) is 9.47 Å². The second-order valence-electron chi connectivity index (χ2n) is 6.04. The van der Waals surface area contributed by atoms with Crippen LogP contribution in [0.3, 0.4) is 0 Å². The predicted octanol–water partition coefficient (Wildman–Crippen LogP) is 3.81. The Labute approximate surface area is 149 Å². The number of hydrogen-bond acceptors (Lipinski definition) is 5. The van der Waals surface area contributed by atoms with Crippen LogP contribution in [0.5, 0.6) is 11.5 Å². The number of anilines is 2. The van der Waals surface area contributed by atoms with E-state index in [1.807, 2.05) is 12.1 Å². The van der Waals surface area contributed by atoms with Crippen molar-refractivity contribution in [3.63, 3.8) is 0 Å². The SMILES string of the molecule is COc1cc(OC)cc(N2CCC(Nc3ncccc3C(F)(F)F)C2)c1. The van der Waals surface area contributed by atoms with Gasteiger partial charge >= 0.3 is 6.18 Å². The van der Waals surface area contributed by atoms with Gasteiger partial charge in [-0.1, -0.05) is 0 Å². The van der Waals surface area contributed by atoms with E-state index in [0.29, 0.717) is 31.0 Å².